The standard InChI is InChI=1S/C17H31N3O2/c1-13-9-7-8-12-20(13)16(21)14(2)18-17(22)19-15-10-5-3-4-6-11-15/h13-15H,3-12H2,1-2H3,(H2,18,19,22)/t13-,14-/m0/s1. The molecule has 0 unspecified atom stereocenters. The van der Waals surface area contributed by atoms with Gasteiger partial charge < -0.3 is 15.5 Å². The molecule has 0 aromatic carbocycles. The number of carbonyl (C=O) groups is 2. The maximum atomic E-state index is 12.5. The number of hydrogen-bond acceptors (Lipinski definition) is 2. The molecule has 3 amide bonds. The van der Waals surface area contributed by atoms with Crippen molar-refractivity contribution in [1.82, 2.24) is 15.5 Å². The molecule has 0 aromatic heterocycles. The molecule has 2 N–H and O–H groups in total. The molecule has 1 saturated carbocycles. The van der Waals surface area contributed by atoms with Gasteiger partial charge in [0.2, 0.25) is 5.91 Å². The second-order valence-corrected chi connectivity index (χ2v) is 6.90. The van der Waals surface area contributed by atoms with E-state index >= 15 is 0 Å². The minimum atomic E-state index is -0.452. The highest BCUT2D eigenvalue weighted by molar-refractivity contribution is 5.87. The Morgan fingerprint density at radius 2 is 1.64 bits per heavy atom. The summed E-state index contributed by atoms with van der Waals surface area (Å²) in [5, 5.41) is 5.86. The van der Waals surface area contributed by atoms with E-state index in [0.717, 1.165) is 32.2 Å². The van der Waals surface area contributed by atoms with Crippen LogP contribution >= 0.6 is 0 Å². The predicted octanol–water partition coefficient (Wildman–Crippen LogP) is 2.80. The minimum Gasteiger partial charge on any atom is -0.338 e. The van der Waals surface area contributed by atoms with Crippen LogP contribution in [0, 0.1) is 0 Å². The van der Waals surface area contributed by atoms with Crippen LogP contribution < -0.4 is 10.6 Å². The zero-order chi connectivity index (χ0) is 15.9. The molecule has 5 heteroatoms. The number of rotatable bonds is 3. The van der Waals surface area contributed by atoms with E-state index in [1.165, 1.54) is 32.1 Å². The summed E-state index contributed by atoms with van der Waals surface area (Å²) < 4.78 is 0. The van der Waals surface area contributed by atoms with E-state index in [1.54, 1.807) is 6.92 Å². The zero-order valence-corrected chi connectivity index (χ0v) is 14.1. The lowest BCUT2D eigenvalue weighted by molar-refractivity contribution is -0.136. The third-order valence-electron chi connectivity index (χ3n) is 4.99. The quantitative estimate of drug-likeness (QED) is 0.788. The highest BCUT2D eigenvalue weighted by Crippen LogP contribution is 2.18. The molecular formula is C17H31N3O2. The minimum absolute atomic E-state index is 0.0446. The molecule has 1 saturated heterocycles. The van der Waals surface area contributed by atoms with Crippen LogP contribution in [0.25, 0.3) is 0 Å². The number of carbonyl (C=O) groups excluding carboxylic acids is 2. The Morgan fingerprint density at radius 1 is 1.00 bits per heavy atom. The van der Waals surface area contributed by atoms with E-state index < -0.39 is 6.04 Å². The lowest BCUT2D eigenvalue weighted by Crippen LogP contribution is -2.54. The van der Waals surface area contributed by atoms with Crippen LogP contribution in [0.3, 0.4) is 0 Å². The van der Waals surface area contributed by atoms with Gasteiger partial charge in [-0.1, -0.05) is 25.7 Å². The number of hydrogen-bond donors (Lipinski definition) is 2. The lowest BCUT2D eigenvalue weighted by atomic mass is 10.0. The van der Waals surface area contributed by atoms with Gasteiger partial charge in [0.05, 0.1) is 0 Å². The summed E-state index contributed by atoms with van der Waals surface area (Å²) in [6.45, 7) is 4.70. The normalized spacial score (nSPS) is 25.2. The van der Waals surface area contributed by atoms with Crippen LogP contribution in [-0.4, -0.2) is 41.5 Å². The summed E-state index contributed by atoms with van der Waals surface area (Å²) >= 11 is 0. The summed E-state index contributed by atoms with van der Waals surface area (Å²) in [5.41, 5.74) is 0. The van der Waals surface area contributed by atoms with Crippen LogP contribution in [0.15, 0.2) is 0 Å². The number of nitrogens with one attached hydrogen (secondary N) is 2. The Balaban J connectivity index is 1.78. The Bertz CT molecular complexity index is 378. The van der Waals surface area contributed by atoms with E-state index in [1.807, 2.05) is 4.90 Å². The first-order valence-electron chi connectivity index (χ1n) is 8.95. The van der Waals surface area contributed by atoms with Gasteiger partial charge >= 0.3 is 6.03 Å². The first-order chi connectivity index (χ1) is 10.6. The molecule has 0 bridgehead atoms. The van der Waals surface area contributed by atoms with E-state index in [2.05, 4.69) is 17.6 Å². The molecule has 126 valence electrons. The van der Waals surface area contributed by atoms with Gasteiger partial charge in [-0.05, 0) is 46.0 Å². The van der Waals surface area contributed by atoms with Crippen molar-refractivity contribution in [3.63, 3.8) is 0 Å². The Kier molecular flexibility index (Phi) is 6.52. The first-order valence-corrected chi connectivity index (χ1v) is 8.95. The van der Waals surface area contributed by atoms with Gasteiger partial charge in [0.15, 0.2) is 0 Å². The second kappa shape index (κ2) is 8.39. The molecule has 5 nitrogen and oxygen atoms in total. The van der Waals surface area contributed by atoms with Crippen molar-refractivity contribution in [2.45, 2.75) is 89.8 Å². The average Bonchev–Trinajstić information content (AvgIpc) is 2.75. The molecule has 0 radical (unpaired) electrons. The molecule has 2 atom stereocenters. The van der Waals surface area contributed by atoms with E-state index in [9.17, 15) is 9.59 Å². The van der Waals surface area contributed by atoms with Crippen molar-refractivity contribution < 1.29 is 9.59 Å². The average molecular weight is 309 g/mol. The maximum absolute atomic E-state index is 12.5. The molecule has 2 aliphatic rings. The molecule has 0 aromatic rings. The molecule has 1 heterocycles. The van der Waals surface area contributed by atoms with E-state index in [0.29, 0.717) is 0 Å². The number of likely N-dealkylation sites (tertiary alicyclic amines) is 1. The third-order valence-corrected chi connectivity index (χ3v) is 4.99. The van der Waals surface area contributed by atoms with Crippen LogP contribution in [0.4, 0.5) is 4.79 Å². The highest BCUT2D eigenvalue weighted by atomic mass is 16.2. The molecule has 1 aliphatic carbocycles. The van der Waals surface area contributed by atoms with Crippen LogP contribution in [0.5, 0.6) is 0 Å². The first kappa shape index (κ1) is 17.1. The zero-order valence-electron chi connectivity index (χ0n) is 14.1. The van der Waals surface area contributed by atoms with Crippen molar-refractivity contribution in [3.05, 3.63) is 0 Å². The van der Waals surface area contributed by atoms with Gasteiger partial charge in [-0.3, -0.25) is 4.79 Å². The topological polar surface area (TPSA) is 61.4 Å². The Hall–Kier alpha value is -1.26. The monoisotopic (exact) mass is 309 g/mol. The van der Waals surface area contributed by atoms with E-state index in [4.69, 9.17) is 0 Å². The largest absolute Gasteiger partial charge is 0.338 e. The fraction of sp³-hybridized carbons (Fsp3) is 0.882. The number of urea groups is 1. The van der Waals surface area contributed by atoms with Gasteiger partial charge in [0, 0.05) is 18.6 Å². The van der Waals surface area contributed by atoms with Crippen molar-refractivity contribution in [2.75, 3.05) is 6.54 Å². The van der Waals surface area contributed by atoms with Gasteiger partial charge in [-0.2, -0.15) is 0 Å². The maximum Gasteiger partial charge on any atom is 0.315 e. The number of nitrogens with zero attached hydrogens (tertiary/aromatic N) is 1. The van der Waals surface area contributed by atoms with Crippen molar-refractivity contribution in [2.24, 2.45) is 0 Å². The SMILES string of the molecule is C[C@H](NC(=O)NC1CCCCCC1)C(=O)N1CCCC[C@@H]1C. The van der Waals surface area contributed by atoms with Gasteiger partial charge in [0.25, 0.3) is 0 Å². The summed E-state index contributed by atoms with van der Waals surface area (Å²) in [6, 6.07) is -0.0992. The highest BCUT2D eigenvalue weighted by Gasteiger charge is 2.28. The van der Waals surface area contributed by atoms with Crippen molar-refractivity contribution in [3.8, 4) is 0 Å². The lowest BCUT2D eigenvalue weighted by Gasteiger charge is -2.35. The third kappa shape index (κ3) is 4.89. The van der Waals surface area contributed by atoms with Crippen LogP contribution in [0.1, 0.15) is 71.6 Å². The molecule has 22 heavy (non-hydrogen) atoms. The van der Waals surface area contributed by atoms with Gasteiger partial charge in [-0.25, -0.2) is 4.79 Å². The summed E-state index contributed by atoms with van der Waals surface area (Å²) in [7, 11) is 0. The Morgan fingerprint density at radius 3 is 2.27 bits per heavy atom. The summed E-state index contributed by atoms with van der Waals surface area (Å²) in [5.74, 6) is 0.0446. The number of piperidine rings is 1. The smallest absolute Gasteiger partial charge is 0.315 e. The van der Waals surface area contributed by atoms with Crippen LogP contribution in [-0.2, 0) is 4.79 Å². The number of amides is 3. The van der Waals surface area contributed by atoms with Crippen LogP contribution in [0.2, 0.25) is 0 Å². The Labute approximate surface area is 134 Å². The second-order valence-electron chi connectivity index (χ2n) is 6.90. The van der Waals surface area contributed by atoms with E-state index in [-0.39, 0.29) is 24.0 Å². The van der Waals surface area contributed by atoms with Crippen molar-refractivity contribution >= 4 is 11.9 Å². The van der Waals surface area contributed by atoms with Crippen molar-refractivity contribution in [1.29, 1.82) is 0 Å². The van der Waals surface area contributed by atoms with Gasteiger partial charge in [-0.15, -0.1) is 0 Å². The summed E-state index contributed by atoms with van der Waals surface area (Å²) in [4.78, 5) is 26.5. The molecule has 2 rings (SSSR count). The molecule has 2 fully saturated rings. The predicted molar refractivity (Wildman–Crippen MR) is 87.6 cm³/mol. The van der Waals surface area contributed by atoms with Gasteiger partial charge in [0.1, 0.15) is 6.04 Å². The fourth-order valence-corrected chi connectivity index (χ4v) is 3.58. The summed E-state index contributed by atoms with van der Waals surface area (Å²) in [6.07, 6.45) is 10.3. The fourth-order valence-electron chi connectivity index (χ4n) is 3.58. The molecule has 1 aliphatic heterocycles. The molecule has 0 spiro atoms. The molecular weight excluding hydrogens is 278 g/mol.